The highest BCUT2D eigenvalue weighted by Crippen LogP contribution is 2.40. The highest BCUT2D eigenvalue weighted by molar-refractivity contribution is 5.72. The number of esters is 1. The van der Waals surface area contributed by atoms with Crippen LogP contribution in [0.2, 0.25) is 0 Å². The van der Waals surface area contributed by atoms with Crippen molar-refractivity contribution < 1.29 is 54.5 Å². The van der Waals surface area contributed by atoms with Crippen molar-refractivity contribution in [2.45, 2.75) is 84.1 Å². The highest BCUT2D eigenvalue weighted by Gasteiger charge is 2.42. The summed E-state index contributed by atoms with van der Waals surface area (Å²) in [7, 11) is 0. The molecule has 2 aliphatic rings. The first-order valence-electron chi connectivity index (χ1n) is 15.2. The van der Waals surface area contributed by atoms with Gasteiger partial charge in [0.2, 0.25) is 0 Å². The van der Waals surface area contributed by atoms with E-state index in [2.05, 4.69) is 4.74 Å². The molecule has 2 aromatic carbocycles. The summed E-state index contributed by atoms with van der Waals surface area (Å²) in [6.07, 6.45) is -8.25. The van der Waals surface area contributed by atoms with Gasteiger partial charge in [0.1, 0.15) is 17.7 Å². The quantitative estimate of drug-likeness (QED) is 0.178. The van der Waals surface area contributed by atoms with E-state index < -0.39 is 47.9 Å². The number of rotatable bonds is 11. The molecule has 2 fully saturated rings. The fourth-order valence-electron chi connectivity index (χ4n) is 6.26. The van der Waals surface area contributed by atoms with E-state index in [0.717, 1.165) is 31.7 Å². The Morgan fingerprint density at radius 1 is 1.00 bits per heavy atom. The molecule has 1 amide bonds. The van der Waals surface area contributed by atoms with Crippen LogP contribution in [0.5, 0.6) is 5.75 Å². The predicted octanol–water partition coefficient (Wildman–Crippen LogP) is 8.41. The van der Waals surface area contributed by atoms with E-state index in [4.69, 9.17) is 9.47 Å². The monoisotopic (exact) mass is 662 g/mol. The second-order valence-corrected chi connectivity index (χ2v) is 11.7. The average Bonchev–Trinajstić information content (AvgIpc) is 3.24. The lowest BCUT2D eigenvalue weighted by atomic mass is 9.80. The molecule has 2 atom stereocenters. The van der Waals surface area contributed by atoms with E-state index in [9.17, 15) is 40.3 Å². The van der Waals surface area contributed by atoms with E-state index in [1.807, 2.05) is 11.8 Å². The number of ether oxygens (including phenoxy) is 3. The van der Waals surface area contributed by atoms with Gasteiger partial charge in [0.25, 0.3) is 0 Å². The Morgan fingerprint density at radius 3 is 2.28 bits per heavy atom. The molecule has 254 valence electrons. The van der Waals surface area contributed by atoms with Gasteiger partial charge in [0.15, 0.2) is 0 Å². The van der Waals surface area contributed by atoms with Crippen molar-refractivity contribution in [1.82, 2.24) is 4.90 Å². The zero-order chi connectivity index (χ0) is 33.8. The van der Waals surface area contributed by atoms with Crippen molar-refractivity contribution in [3.8, 4) is 5.75 Å². The fourth-order valence-corrected chi connectivity index (χ4v) is 6.26. The summed E-state index contributed by atoms with van der Waals surface area (Å²) in [5.74, 6) is -1.41. The predicted molar refractivity (Wildman–Crippen MR) is 153 cm³/mol. The minimum absolute atomic E-state index is 0.196. The van der Waals surface area contributed by atoms with Crippen molar-refractivity contribution in [3.05, 3.63) is 58.9 Å². The first-order valence-corrected chi connectivity index (χ1v) is 15.2. The van der Waals surface area contributed by atoms with E-state index in [-0.39, 0.29) is 29.9 Å². The number of halogens is 7. The fraction of sp³-hybridized carbons (Fsp3) is 0.562. The van der Waals surface area contributed by atoms with Gasteiger partial charge >= 0.3 is 24.6 Å². The van der Waals surface area contributed by atoms with Crippen LogP contribution in [-0.4, -0.2) is 49.1 Å². The molecule has 4 rings (SSSR count). The van der Waals surface area contributed by atoms with Gasteiger partial charge < -0.3 is 19.1 Å². The van der Waals surface area contributed by atoms with Crippen LogP contribution < -0.4 is 9.64 Å². The molecule has 1 aliphatic heterocycles. The number of carbonyl (C=O) groups excluding carboxylic acids is 2. The Bertz CT molecular complexity index is 1380. The number of hydrogen-bond donors (Lipinski definition) is 0. The van der Waals surface area contributed by atoms with Crippen LogP contribution >= 0.6 is 0 Å². The Morgan fingerprint density at radius 2 is 1.67 bits per heavy atom. The second kappa shape index (κ2) is 14.4. The zero-order valence-corrected chi connectivity index (χ0v) is 25.7. The molecule has 0 spiro atoms. The number of alkyl halides is 6. The van der Waals surface area contributed by atoms with Crippen LogP contribution in [0.25, 0.3) is 0 Å². The van der Waals surface area contributed by atoms with Crippen molar-refractivity contribution in [2.24, 2.45) is 11.8 Å². The largest absolute Gasteiger partial charge is 0.573 e. The van der Waals surface area contributed by atoms with Crippen molar-refractivity contribution >= 4 is 17.7 Å². The molecule has 14 heteroatoms. The standard InChI is InChI=1S/C32H37F7N2O5/c1-4-40(17-21-8-6-20(7-9-21)12-28(42)44-5-2)27-11-10-26(46-32(37,38)39)15-23(27)18-41-19(3)29(45-30(41)43)22-13-24(31(34,35)36)16-25(33)14-22/h10-11,13-16,19-21,29H,4-9,12,17-18H2,1-3H3/t19-,20-,21-,29-/m0/s1. The summed E-state index contributed by atoms with van der Waals surface area (Å²) in [5.41, 5.74) is -0.575. The molecule has 1 saturated heterocycles. The van der Waals surface area contributed by atoms with E-state index in [1.54, 1.807) is 6.92 Å². The van der Waals surface area contributed by atoms with E-state index in [1.165, 1.54) is 30.0 Å². The van der Waals surface area contributed by atoms with Crippen LogP contribution in [-0.2, 0) is 27.0 Å². The number of hydrogen-bond acceptors (Lipinski definition) is 6. The molecule has 0 radical (unpaired) electrons. The Kier molecular flexibility index (Phi) is 11.0. The van der Waals surface area contributed by atoms with Gasteiger partial charge in [-0.3, -0.25) is 9.69 Å². The van der Waals surface area contributed by atoms with Crippen molar-refractivity contribution in [1.29, 1.82) is 0 Å². The molecular formula is C32H37F7N2O5. The average molecular weight is 663 g/mol. The lowest BCUT2D eigenvalue weighted by Crippen LogP contribution is -2.35. The lowest BCUT2D eigenvalue weighted by molar-refractivity contribution is -0.274. The third-order valence-electron chi connectivity index (χ3n) is 8.52. The molecule has 1 saturated carbocycles. The molecule has 0 aromatic heterocycles. The maximum atomic E-state index is 14.2. The molecule has 1 aliphatic carbocycles. The number of amides is 1. The van der Waals surface area contributed by atoms with Gasteiger partial charge in [-0.05, 0) is 106 Å². The van der Waals surface area contributed by atoms with Crippen LogP contribution in [0.15, 0.2) is 36.4 Å². The van der Waals surface area contributed by atoms with Crippen LogP contribution in [0.3, 0.4) is 0 Å². The van der Waals surface area contributed by atoms with Gasteiger partial charge in [-0.1, -0.05) is 0 Å². The third kappa shape index (κ3) is 8.97. The van der Waals surface area contributed by atoms with Gasteiger partial charge in [-0.15, -0.1) is 13.2 Å². The normalized spacial score (nSPS) is 22.0. The summed E-state index contributed by atoms with van der Waals surface area (Å²) >= 11 is 0. The van der Waals surface area contributed by atoms with Gasteiger partial charge in [0, 0.05) is 25.2 Å². The molecular weight excluding hydrogens is 625 g/mol. The maximum absolute atomic E-state index is 14.2. The number of anilines is 1. The van der Waals surface area contributed by atoms with Gasteiger partial charge in [0.05, 0.1) is 24.8 Å². The summed E-state index contributed by atoms with van der Waals surface area (Å²) < 4.78 is 108. The SMILES string of the molecule is CCOC(=O)C[C@H]1CC[C@H](CN(CC)c2ccc(OC(F)(F)F)cc2CN2C(=O)O[C@H](c3cc(F)cc(C(F)(F)F)c3)[C@@H]2C)CC1. The topological polar surface area (TPSA) is 68.3 Å². The summed E-state index contributed by atoms with van der Waals surface area (Å²) in [5, 5.41) is 0. The van der Waals surface area contributed by atoms with E-state index in [0.29, 0.717) is 49.5 Å². The number of cyclic esters (lactones) is 1. The van der Waals surface area contributed by atoms with Crippen LogP contribution in [0.1, 0.15) is 75.7 Å². The number of nitrogens with zero attached hydrogens (tertiary/aromatic N) is 2. The lowest BCUT2D eigenvalue weighted by Gasteiger charge is -2.34. The first kappa shape index (κ1) is 35.1. The molecule has 1 heterocycles. The van der Waals surface area contributed by atoms with Crippen molar-refractivity contribution in [3.63, 3.8) is 0 Å². The van der Waals surface area contributed by atoms with Gasteiger partial charge in [-0.25, -0.2) is 9.18 Å². The van der Waals surface area contributed by atoms with Crippen molar-refractivity contribution in [2.75, 3.05) is 24.6 Å². The minimum Gasteiger partial charge on any atom is -0.466 e. The van der Waals surface area contributed by atoms with E-state index >= 15 is 0 Å². The Hall–Kier alpha value is -3.71. The molecule has 7 nitrogen and oxygen atoms in total. The Balaban J connectivity index is 1.56. The molecule has 46 heavy (non-hydrogen) atoms. The van der Waals surface area contributed by atoms with Crippen LogP contribution in [0, 0.1) is 17.7 Å². The second-order valence-electron chi connectivity index (χ2n) is 11.7. The molecule has 2 aromatic rings. The Labute approximate surface area is 262 Å². The number of carbonyl (C=O) groups is 2. The summed E-state index contributed by atoms with van der Waals surface area (Å²) in [4.78, 5) is 28.1. The molecule has 0 bridgehead atoms. The smallest absolute Gasteiger partial charge is 0.466 e. The highest BCUT2D eigenvalue weighted by atomic mass is 19.4. The summed E-state index contributed by atoms with van der Waals surface area (Å²) in [6.45, 7) is 6.30. The maximum Gasteiger partial charge on any atom is 0.573 e. The van der Waals surface area contributed by atoms with Crippen LogP contribution in [0.4, 0.5) is 41.2 Å². The first-order chi connectivity index (χ1) is 21.6. The molecule has 0 unspecified atom stereocenters. The third-order valence-corrected chi connectivity index (χ3v) is 8.52. The molecule has 0 N–H and O–H groups in total. The minimum atomic E-state index is -4.97. The number of benzene rings is 2. The van der Waals surface area contributed by atoms with Gasteiger partial charge in [-0.2, -0.15) is 13.2 Å². The summed E-state index contributed by atoms with van der Waals surface area (Å²) in [6, 6.07) is 4.87. The zero-order valence-electron chi connectivity index (χ0n) is 25.7.